The SMILES string of the molecule is COc1ccc(C(Br)CC(F)(F)F)c(Cl)c1. The Morgan fingerprint density at radius 2 is 2.06 bits per heavy atom. The Balaban J connectivity index is 2.88. The molecule has 1 aromatic rings. The summed E-state index contributed by atoms with van der Waals surface area (Å²) in [5.41, 5.74) is 0.403. The molecule has 0 amide bonds. The third kappa shape index (κ3) is 3.87. The molecule has 0 N–H and O–H groups in total. The minimum Gasteiger partial charge on any atom is -0.497 e. The maximum absolute atomic E-state index is 12.2. The summed E-state index contributed by atoms with van der Waals surface area (Å²) in [6.07, 6.45) is -5.18. The van der Waals surface area contributed by atoms with Gasteiger partial charge in [-0.1, -0.05) is 33.6 Å². The first-order valence-corrected chi connectivity index (χ1v) is 5.67. The molecule has 1 atom stereocenters. The number of alkyl halides is 4. The van der Waals surface area contributed by atoms with Crippen LogP contribution in [0.15, 0.2) is 18.2 Å². The number of halogens is 5. The van der Waals surface area contributed by atoms with E-state index < -0.39 is 17.4 Å². The lowest BCUT2D eigenvalue weighted by Crippen LogP contribution is -2.10. The van der Waals surface area contributed by atoms with Crippen molar-refractivity contribution in [3.05, 3.63) is 28.8 Å². The molecular formula is C10H9BrClF3O. The van der Waals surface area contributed by atoms with Gasteiger partial charge < -0.3 is 4.74 Å². The van der Waals surface area contributed by atoms with E-state index >= 15 is 0 Å². The largest absolute Gasteiger partial charge is 0.497 e. The summed E-state index contributed by atoms with van der Waals surface area (Å²) in [6.45, 7) is 0. The number of hydrogen-bond donors (Lipinski definition) is 0. The average Bonchev–Trinajstić information content (AvgIpc) is 2.14. The van der Waals surface area contributed by atoms with Crippen molar-refractivity contribution in [2.45, 2.75) is 17.4 Å². The fraction of sp³-hybridized carbons (Fsp3) is 0.400. The molecule has 0 saturated carbocycles. The zero-order valence-corrected chi connectivity index (χ0v) is 10.7. The van der Waals surface area contributed by atoms with Crippen LogP contribution in [0.2, 0.25) is 5.02 Å². The second kappa shape index (κ2) is 5.27. The molecule has 0 fully saturated rings. The lowest BCUT2D eigenvalue weighted by Gasteiger charge is -2.14. The van der Waals surface area contributed by atoms with Gasteiger partial charge in [0.1, 0.15) is 5.75 Å². The van der Waals surface area contributed by atoms with E-state index in [1.54, 1.807) is 6.07 Å². The van der Waals surface area contributed by atoms with E-state index in [-0.39, 0.29) is 5.02 Å². The van der Waals surface area contributed by atoms with E-state index in [9.17, 15) is 13.2 Å². The van der Waals surface area contributed by atoms with Crippen molar-refractivity contribution in [1.29, 1.82) is 0 Å². The van der Waals surface area contributed by atoms with Crippen molar-refractivity contribution in [3.63, 3.8) is 0 Å². The van der Waals surface area contributed by atoms with E-state index in [0.29, 0.717) is 11.3 Å². The third-order valence-electron chi connectivity index (χ3n) is 1.96. The summed E-state index contributed by atoms with van der Waals surface area (Å²) in [5, 5.41) is 0.255. The highest BCUT2D eigenvalue weighted by atomic mass is 79.9. The van der Waals surface area contributed by atoms with Crippen molar-refractivity contribution in [2.24, 2.45) is 0 Å². The van der Waals surface area contributed by atoms with E-state index in [0.717, 1.165) is 0 Å². The molecule has 0 spiro atoms. The molecule has 1 aromatic carbocycles. The van der Waals surface area contributed by atoms with Crippen LogP contribution in [0.4, 0.5) is 13.2 Å². The van der Waals surface area contributed by atoms with Gasteiger partial charge in [0.25, 0.3) is 0 Å². The number of hydrogen-bond acceptors (Lipinski definition) is 1. The molecule has 0 aliphatic heterocycles. The van der Waals surface area contributed by atoms with Crippen molar-refractivity contribution >= 4 is 27.5 Å². The molecule has 16 heavy (non-hydrogen) atoms. The predicted octanol–water partition coefficient (Wildman–Crippen LogP) is 4.74. The molecule has 0 bridgehead atoms. The molecule has 1 unspecified atom stereocenters. The highest BCUT2D eigenvalue weighted by molar-refractivity contribution is 9.09. The van der Waals surface area contributed by atoms with Crippen LogP contribution in [0.3, 0.4) is 0 Å². The monoisotopic (exact) mass is 316 g/mol. The van der Waals surface area contributed by atoms with Crippen molar-refractivity contribution in [3.8, 4) is 5.75 Å². The first kappa shape index (κ1) is 13.6. The van der Waals surface area contributed by atoms with Gasteiger partial charge in [-0.2, -0.15) is 13.2 Å². The van der Waals surface area contributed by atoms with Gasteiger partial charge in [0.05, 0.1) is 13.5 Å². The summed E-state index contributed by atoms with van der Waals surface area (Å²) in [7, 11) is 1.46. The van der Waals surface area contributed by atoms with Gasteiger partial charge in [0, 0.05) is 9.85 Å². The molecule has 0 aromatic heterocycles. The Morgan fingerprint density at radius 3 is 2.50 bits per heavy atom. The molecule has 6 heteroatoms. The van der Waals surface area contributed by atoms with Crippen LogP contribution < -0.4 is 4.74 Å². The Hall–Kier alpha value is -0.420. The summed E-state index contributed by atoms with van der Waals surface area (Å²) >= 11 is 8.83. The Morgan fingerprint density at radius 1 is 1.44 bits per heavy atom. The Labute approximate surface area is 105 Å². The first-order chi connectivity index (χ1) is 7.33. The lowest BCUT2D eigenvalue weighted by molar-refractivity contribution is -0.134. The molecule has 0 aliphatic rings. The zero-order valence-electron chi connectivity index (χ0n) is 8.31. The Bertz CT molecular complexity index is 368. The minimum absolute atomic E-state index is 0.255. The molecule has 0 radical (unpaired) electrons. The number of methoxy groups -OCH3 is 1. The van der Waals surface area contributed by atoms with Gasteiger partial charge in [-0.25, -0.2) is 0 Å². The van der Waals surface area contributed by atoms with Gasteiger partial charge >= 0.3 is 6.18 Å². The van der Waals surface area contributed by atoms with E-state index in [2.05, 4.69) is 15.9 Å². The molecular weight excluding hydrogens is 308 g/mol. The second-order valence-electron chi connectivity index (χ2n) is 3.17. The minimum atomic E-state index is -4.22. The normalized spacial score (nSPS) is 13.6. The summed E-state index contributed by atoms with van der Waals surface area (Å²) in [5.74, 6) is 0.514. The van der Waals surface area contributed by atoms with Crippen LogP contribution in [-0.2, 0) is 0 Å². The second-order valence-corrected chi connectivity index (χ2v) is 4.69. The smallest absolute Gasteiger partial charge is 0.390 e. The number of benzene rings is 1. The van der Waals surface area contributed by atoms with E-state index in [1.165, 1.54) is 19.2 Å². The maximum atomic E-state index is 12.2. The Kier molecular flexibility index (Phi) is 4.50. The van der Waals surface area contributed by atoms with Crippen LogP contribution in [-0.4, -0.2) is 13.3 Å². The van der Waals surface area contributed by atoms with E-state index in [1.807, 2.05) is 0 Å². The van der Waals surface area contributed by atoms with Crippen molar-refractivity contribution in [1.82, 2.24) is 0 Å². The quantitative estimate of drug-likeness (QED) is 0.732. The topological polar surface area (TPSA) is 9.23 Å². The summed E-state index contributed by atoms with van der Waals surface area (Å²) in [4.78, 5) is -0.842. The van der Waals surface area contributed by atoms with Gasteiger partial charge in [-0.15, -0.1) is 0 Å². The van der Waals surface area contributed by atoms with Crippen LogP contribution in [0, 0.1) is 0 Å². The van der Waals surface area contributed by atoms with Gasteiger partial charge in [0.2, 0.25) is 0 Å². The van der Waals surface area contributed by atoms with Crippen molar-refractivity contribution in [2.75, 3.05) is 7.11 Å². The molecule has 0 saturated heterocycles. The fourth-order valence-corrected chi connectivity index (χ4v) is 2.40. The first-order valence-electron chi connectivity index (χ1n) is 4.38. The number of rotatable bonds is 3. The maximum Gasteiger partial charge on any atom is 0.390 e. The lowest BCUT2D eigenvalue weighted by atomic mass is 10.1. The van der Waals surface area contributed by atoms with Crippen LogP contribution >= 0.6 is 27.5 Å². The third-order valence-corrected chi connectivity index (χ3v) is 3.10. The highest BCUT2D eigenvalue weighted by Gasteiger charge is 2.32. The van der Waals surface area contributed by atoms with Crippen LogP contribution in [0.1, 0.15) is 16.8 Å². The van der Waals surface area contributed by atoms with E-state index in [4.69, 9.17) is 16.3 Å². The molecule has 1 rings (SSSR count). The predicted molar refractivity (Wildman–Crippen MR) is 60.3 cm³/mol. The van der Waals surface area contributed by atoms with Crippen molar-refractivity contribution < 1.29 is 17.9 Å². The van der Waals surface area contributed by atoms with Gasteiger partial charge in [-0.05, 0) is 17.7 Å². The summed E-state index contributed by atoms with van der Waals surface area (Å²) in [6, 6.07) is 4.58. The standard InChI is InChI=1S/C10H9BrClF3O/c1-16-6-2-3-7(9(12)4-6)8(11)5-10(13,14)15/h2-4,8H,5H2,1H3. The van der Waals surface area contributed by atoms with Gasteiger partial charge in [0.15, 0.2) is 0 Å². The highest BCUT2D eigenvalue weighted by Crippen LogP contribution is 2.39. The zero-order chi connectivity index (χ0) is 12.3. The van der Waals surface area contributed by atoms with Crippen LogP contribution in [0.5, 0.6) is 5.75 Å². The summed E-state index contributed by atoms with van der Waals surface area (Å²) < 4.78 is 41.4. The molecule has 1 nitrogen and oxygen atoms in total. The molecule has 0 aliphatic carbocycles. The fourth-order valence-electron chi connectivity index (χ4n) is 1.20. The van der Waals surface area contributed by atoms with Gasteiger partial charge in [-0.3, -0.25) is 0 Å². The number of ether oxygens (including phenoxy) is 1. The van der Waals surface area contributed by atoms with Crippen LogP contribution in [0.25, 0.3) is 0 Å². The molecule has 90 valence electrons. The molecule has 0 heterocycles. The average molecular weight is 318 g/mol.